The lowest BCUT2D eigenvalue weighted by Gasteiger charge is -2.38. The minimum atomic E-state index is -1.80. The van der Waals surface area contributed by atoms with E-state index in [0.717, 1.165) is 6.54 Å². The first-order chi connectivity index (χ1) is 11.4. The molecule has 0 N–H and O–H groups in total. The second-order valence-corrected chi connectivity index (χ2v) is 14.3. The van der Waals surface area contributed by atoms with Crippen LogP contribution < -0.4 is 0 Å². The standard InChI is InChI=1S/C21H35NO2Si/c1-16(17-12-10-9-11-13-17)22-14-18(21(5,6)19(22)23)15-24-25(7,8)20(2,3)4/h9-13,16,18H,14-15H2,1-8H3. The van der Waals surface area contributed by atoms with Gasteiger partial charge in [-0.25, -0.2) is 0 Å². The second-order valence-electron chi connectivity index (χ2n) is 9.53. The Kier molecular flexibility index (Phi) is 5.55. The van der Waals surface area contributed by atoms with E-state index in [4.69, 9.17) is 4.43 Å². The van der Waals surface area contributed by atoms with Crippen LogP contribution >= 0.6 is 0 Å². The van der Waals surface area contributed by atoms with Crippen LogP contribution in [-0.4, -0.2) is 32.3 Å². The van der Waals surface area contributed by atoms with Crippen LogP contribution in [0.5, 0.6) is 0 Å². The van der Waals surface area contributed by atoms with Gasteiger partial charge in [0.25, 0.3) is 0 Å². The zero-order valence-electron chi connectivity index (χ0n) is 17.2. The molecule has 1 aliphatic heterocycles. The van der Waals surface area contributed by atoms with Crippen molar-refractivity contribution in [3.8, 4) is 0 Å². The molecule has 0 spiro atoms. The summed E-state index contributed by atoms with van der Waals surface area (Å²) >= 11 is 0. The van der Waals surface area contributed by atoms with Crippen LogP contribution in [0.15, 0.2) is 30.3 Å². The summed E-state index contributed by atoms with van der Waals surface area (Å²) in [5.41, 5.74) is 0.823. The molecule has 1 aliphatic rings. The van der Waals surface area contributed by atoms with E-state index in [1.54, 1.807) is 0 Å². The predicted molar refractivity (Wildman–Crippen MR) is 107 cm³/mol. The van der Waals surface area contributed by atoms with Gasteiger partial charge in [0.15, 0.2) is 8.32 Å². The van der Waals surface area contributed by atoms with Gasteiger partial charge in [-0.1, -0.05) is 65.0 Å². The Hall–Kier alpha value is -1.13. The van der Waals surface area contributed by atoms with Crippen molar-refractivity contribution in [2.75, 3.05) is 13.2 Å². The van der Waals surface area contributed by atoms with E-state index in [0.29, 0.717) is 6.61 Å². The monoisotopic (exact) mass is 361 g/mol. The number of benzene rings is 1. The normalized spacial score (nSPS) is 22.3. The summed E-state index contributed by atoms with van der Waals surface area (Å²) < 4.78 is 6.46. The fraction of sp³-hybridized carbons (Fsp3) is 0.667. The Labute approximate surface area is 154 Å². The third kappa shape index (κ3) is 4.00. The fourth-order valence-electron chi connectivity index (χ4n) is 3.13. The maximum absolute atomic E-state index is 13.1. The van der Waals surface area contributed by atoms with Gasteiger partial charge in [0.1, 0.15) is 0 Å². The third-order valence-electron chi connectivity index (χ3n) is 6.45. The smallest absolute Gasteiger partial charge is 0.229 e. The van der Waals surface area contributed by atoms with Crippen molar-refractivity contribution in [2.45, 2.75) is 65.7 Å². The van der Waals surface area contributed by atoms with Crippen LogP contribution in [0, 0.1) is 11.3 Å². The molecule has 25 heavy (non-hydrogen) atoms. The van der Waals surface area contributed by atoms with E-state index in [-0.39, 0.29) is 28.3 Å². The predicted octanol–water partition coefficient (Wildman–Crippen LogP) is 5.25. The largest absolute Gasteiger partial charge is 0.416 e. The lowest BCUT2D eigenvalue weighted by atomic mass is 9.82. The average Bonchev–Trinajstić information content (AvgIpc) is 2.75. The topological polar surface area (TPSA) is 29.5 Å². The number of carbonyl (C=O) groups is 1. The van der Waals surface area contributed by atoms with Crippen molar-refractivity contribution < 1.29 is 9.22 Å². The molecule has 1 aromatic carbocycles. The number of likely N-dealkylation sites (tertiary alicyclic amines) is 1. The van der Waals surface area contributed by atoms with Crippen molar-refractivity contribution in [1.29, 1.82) is 0 Å². The highest BCUT2D eigenvalue weighted by Crippen LogP contribution is 2.43. The molecule has 1 fully saturated rings. The van der Waals surface area contributed by atoms with Crippen molar-refractivity contribution in [3.05, 3.63) is 35.9 Å². The lowest BCUT2D eigenvalue weighted by Crippen LogP contribution is -2.43. The number of hydrogen-bond acceptors (Lipinski definition) is 2. The molecule has 1 aromatic rings. The van der Waals surface area contributed by atoms with Gasteiger partial charge in [0.05, 0.1) is 11.5 Å². The number of hydrogen-bond donors (Lipinski definition) is 0. The average molecular weight is 362 g/mol. The molecule has 0 saturated carbocycles. The highest BCUT2D eigenvalue weighted by atomic mass is 28.4. The summed E-state index contributed by atoms with van der Waals surface area (Å²) in [5.74, 6) is 0.480. The maximum Gasteiger partial charge on any atom is 0.229 e. The third-order valence-corrected chi connectivity index (χ3v) is 11.0. The summed E-state index contributed by atoms with van der Waals surface area (Å²) in [5, 5.41) is 0.191. The highest BCUT2D eigenvalue weighted by Gasteiger charge is 2.49. The molecular weight excluding hydrogens is 326 g/mol. The first-order valence-electron chi connectivity index (χ1n) is 9.38. The van der Waals surface area contributed by atoms with Crippen molar-refractivity contribution in [2.24, 2.45) is 11.3 Å². The van der Waals surface area contributed by atoms with Crippen LogP contribution in [0.25, 0.3) is 0 Å². The highest BCUT2D eigenvalue weighted by molar-refractivity contribution is 6.74. The Bertz CT molecular complexity index is 604. The molecule has 2 rings (SSSR count). The zero-order chi connectivity index (χ0) is 19.0. The van der Waals surface area contributed by atoms with Crippen molar-refractivity contribution in [3.63, 3.8) is 0 Å². The van der Waals surface area contributed by atoms with Crippen LogP contribution in [-0.2, 0) is 9.22 Å². The molecule has 1 saturated heterocycles. The summed E-state index contributed by atoms with van der Waals surface area (Å²) in [7, 11) is -1.80. The van der Waals surface area contributed by atoms with Gasteiger partial charge >= 0.3 is 0 Å². The quantitative estimate of drug-likeness (QED) is 0.670. The number of nitrogens with zero attached hydrogens (tertiary/aromatic N) is 1. The fourth-order valence-corrected chi connectivity index (χ4v) is 4.18. The Morgan fingerprint density at radius 1 is 1.24 bits per heavy atom. The number of rotatable bonds is 5. The molecule has 1 amide bonds. The molecule has 4 heteroatoms. The van der Waals surface area contributed by atoms with Gasteiger partial charge in [-0.05, 0) is 30.6 Å². The van der Waals surface area contributed by atoms with E-state index in [1.807, 2.05) is 23.1 Å². The van der Waals surface area contributed by atoms with Crippen molar-refractivity contribution >= 4 is 14.2 Å². The molecule has 0 radical (unpaired) electrons. The van der Waals surface area contributed by atoms with Gasteiger partial charge < -0.3 is 9.33 Å². The van der Waals surface area contributed by atoms with Crippen LogP contribution in [0.4, 0.5) is 0 Å². The zero-order valence-corrected chi connectivity index (χ0v) is 18.2. The summed E-state index contributed by atoms with van der Waals surface area (Å²) in [6.07, 6.45) is 0. The number of amides is 1. The van der Waals surface area contributed by atoms with Gasteiger partial charge in [-0.2, -0.15) is 0 Å². The lowest BCUT2D eigenvalue weighted by molar-refractivity contribution is -0.137. The maximum atomic E-state index is 13.1. The molecule has 140 valence electrons. The molecule has 2 atom stereocenters. The Balaban J connectivity index is 2.13. The SMILES string of the molecule is CC(c1ccccc1)N1CC(CO[Si](C)(C)C(C)(C)C)C(C)(C)C1=O. The molecule has 3 nitrogen and oxygen atoms in total. The van der Waals surface area contributed by atoms with Crippen LogP contribution in [0.2, 0.25) is 18.1 Å². The summed E-state index contributed by atoms with van der Waals surface area (Å²) in [6.45, 7) is 19.1. The van der Waals surface area contributed by atoms with Crippen molar-refractivity contribution in [1.82, 2.24) is 4.90 Å². The van der Waals surface area contributed by atoms with Gasteiger partial charge in [0.2, 0.25) is 5.91 Å². The van der Waals surface area contributed by atoms with Crippen LogP contribution in [0.3, 0.4) is 0 Å². The van der Waals surface area contributed by atoms with E-state index < -0.39 is 8.32 Å². The molecule has 0 aliphatic carbocycles. The molecule has 2 unspecified atom stereocenters. The minimum Gasteiger partial charge on any atom is -0.416 e. The van der Waals surface area contributed by atoms with Crippen LogP contribution in [0.1, 0.15) is 53.1 Å². The molecular formula is C21H35NO2Si. The first-order valence-corrected chi connectivity index (χ1v) is 12.3. The van der Waals surface area contributed by atoms with E-state index in [9.17, 15) is 4.79 Å². The Morgan fingerprint density at radius 2 is 1.80 bits per heavy atom. The second kappa shape index (κ2) is 6.88. The summed E-state index contributed by atoms with van der Waals surface area (Å²) in [4.78, 5) is 15.1. The van der Waals surface area contributed by atoms with Gasteiger partial charge in [0, 0.05) is 19.1 Å². The first kappa shape index (κ1) is 20.2. The molecule has 0 aromatic heterocycles. The van der Waals surface area contributed by atoms with Gasteiger partial charge in [-0.15, -0.1) is 0 Å². The minimum absolute atomic E-state index is 0.103. The molecule has 1 heterocycles. The number of carbonyl (C=O) groups excluding carboxylic acids is 1. The van der Waals surface area contributed by atoms with E-state index >= 15 is 0 Å². The molecule has 0 bridgehead atoms. The van der Waals surface area contributed by atoms with E-state index in [1.165, 1.54) is 5.56 Å². The Morgan fingerprint density at radius 3 is 2.32 bits per heavy atom. The summed E-state index contributed by atoms with van der Waals surface area (Å²) in [6, 6.07) is 10.4. The van der Waals surface area contributed by atoms with E-state index in [2.05, 4.69) is 66.8 Å². The van der Waals surface area contributed by atoms with Gasteiger partial charge in [-0.3, -0.25) is 4.79 Å².